The van der Waals surface area contributed by atoms with Gasteiger partial charge in [0.1, 0.15) is 12.1 Å². The summed E-state index contributed by atoms with van der Waals surface area (Å²) in [7, 11) is 0. The lowest BCUT2D eigenvalue weighted by Gasteiger charge is -2.08. The summed E-state index contributed by atoms with van der Waals surface area (Å²) in [6.45, 7) is 2.89. The molecule has 3 rings (SSSR count). The molecule has 0 saturated carbocycles. The first-order chi connectivity index (χ1) is 12.1. The van der Waals surface area contributed by atoms with Crippen LogP contribution in [0.4, 0.5) is 5.82 Å². The Hall–Kier alpha value is -2.93. The molecule has 3 aromatic rings. The van der Waals surface area contributed by atoms with Crippen LogP contribution >= 0.6 is 11.6 Å². The van der Waals surface area contributed by atoms with Gasteiger partial charge in [-0.25, -0.2) is 14.6 Å². The van der Waals surface area contributed by atoms with Crippen LogP contribution in [0.25, 0.3) is 5.82 Å². The SMILES string of the molecule is Cc1ccn(-c2cc(NCCNC(=O)c3cccc(Cl)c3)ncn2)n1. The molecule has 8 heteroatoms. The van der Waals surface area contributed by atoms with E-state index in [1.807, 2.05) is 19.2 Å². The maximum absolute atomic E-state index is 12.0. The van der Waals surface area contributed by atoms with Crippen LogP contribution in [0.2, 0.25) is 5.02 Å². The molecule has 0 bridgehead atoms. The summed E-state index contributed by atoms with van der Waals surface area (Å²) >= 11 is 5.88. The van der Waals surface area contributed by atoms with Crippen molar-refractivity contribution in [2.45, 2.75) is 6.92 Å². The van der Waals surface area contributed by atoms with E-state index in [0.29, 0.717) is 35.3 Å². The monoisotopic (exact) mass is 356 g/mol. The fourth-order valence-corrected chi connectivity index (χ4v) is 2.40. The number of rotatable bonds is 6. The molecule has 2 N–H and O–H groups in total. The van der Waals surface area contributed by atoms with Crippen molar-refractivity contribution in [3.8, 4) is 5.82 Å². The second-order valence-electron chi connectivity index (χ2n) is 5.36. The summed E-state index contributed by atoms with van der Waals surface area (Å²) in [5, 5.41) is 10.8. The highest BCUT2D eigenvalue weighted by Gasteiger charge is 2.05. The van der Waals surface area contributed by atoms with Crippen molar-refractivity contribution in [2.75, 3.05) is 18.4 Å². The lowest BCUT2D eigenvalue weighted by molar-refractivity contribution is 0.0955. The molecular formula is C17H17ClN6O. The Morgan fingerprint density at radius 2 is 2.08 bits per heavy atom. The van der Waals surface area contributed by atoms with Gasteiger partial charge in [0.05, 0.1) is 5.69 Å². The van der Waals surface area contributed by atoms with Gasteiger partial charge in [0.2, 0.25) is 0 Å². The van der Waals surface area contributed by atoms with Crippen LogP contribution < -0.4 is 10.6 Å². The highest BCUT2D eigenvalue weighted by Crippen LogP contribution is 2.10. The third kappa shape index (κ3) is 4.54. The standard InChI is InChI=1S/C17H17ClN6O/c1-12-5-8-24(23-12)16-10-15(21-11-22-16)19-6-7-20-17(25)13-3-2-4-14(18)9-13/h2-5,8-11H,6-7H2,1H3,(H,20,25)(H,19,21,22). The van der Waals surface area contributed by atoms with E-state index in [1.165, 1.54) is 6.33 Å². The third-order valence-corrected chi connectivity index (χ3v) is 3.65. The van der Waals surface area contributed by atoms with Crippen LogP contribution in [0.3, 0.4) is 0 Å². The van der Waals surface area contributed by atoms with E-state index in [0.717, 1.165) is 5.69 Å². The maximum atomic E-state index is 12.0. The van der Waals surface area contributed by atoms with Gasteiger partial charge < -0.3 is 10.6 Å². The molecule has 1 aromatic carbocycles. The Morgan fingerprint density at radius 1 is 1.20 bits per heavy atom. The van der Waals surface area contributed by atoms with Crippen molar-refractivity contribution < 1.29 is 4.79 Å². The van der Waals surface area contributed by atoms with E-state index in [-0.39, 0.29) is 5.91 Å². The number of amides is 1. The van der Waals surface area contributed by atoms with Gasteiger partial charge in [-0.15, -0.1) is 0 Å². The first kappa shape index (κ1) is 16.9. The topological polar surface area (TPSA) is 84.7 Å². The number of nitrogens with one attached hydrogen (secondary N) is 2. The number of benzene rings is 1. The maximum Gasteiger partial charge on any atom is 0.251 e. The van der Waals surface area contributed by atoms with Crippen LogP contribution in [-0.4, -0.2) is 38.7 Å². The number of hydrogen-bond donors (Lipinski definition) is 2. The molecule has 0 radical (unpaired) electrons. The van der Waals surface area contributed by atoms with E-state index in [9.17, 15) is 4.79 Å². The quantitative estimate of drug-likeness (QED) is 0.663. The molecule has 0 aliphatic heterocycles. The first-order valence-electron chi connectivity index (χ1n) is 7.74. The largest absolute Gasteiger partial charge is 0.368 e. The number of carbonyl (C=O) groups is 1. The fraction of sp³-hybridized carbons (Fsp3) is 0.176. The molecule has 1 amide bonds. The minimum atomic E-state index is -0.167. The zero-order valence-corrected chi connectivity index (χ0v) is 14.4. The summed E-state index contributed by atoms with van der Waals surface area (Å²) < 4.78 is 1.68. The number of anilines is 1. The Labute approximate surface area is 150 Å². The van der Waals surface area contributed by atoms with Crippen LogP contribution in [-0.2, 0) is 0 Å². The summed E-state index contributed by atoms with van der Waals surface area (Å²) in [5.74, 6) is 1.17. The Balaban J connectivity index is 1.51. The normalized spacial score (nSPS) is 10.5. The molecule has 0 saturated heterocycles. The number of aryl methyl sites for hydroxylation is 1. The van der Waals surface area contributed by atoms with Gasteiger partial charge in [-0.2, -0.15) is 5.10 Å². The molecule has 25 heavy (non-hydrogen) atoms. The van der Waals surface area contributed by atoms with Gasteiger partial charge in [-0.05, 0) is 31.2 Å². The summed E-state index contributed by atoms with van der Waals surface area (Å²) in [5.41, 5.74) is 1.45. The molecule has 0 atom stereocenters. The summed E-state index contributed by atoms with van der Waals surface area (Å²) in [6, 6.07) is 10.5. The van der Waals surface area contributed by atoms with Crippen LogP contribution in [0.1, 0.15) is 16.1 Å². The van der Waals surface area contributed by atoms with Crippen LogP contribution in [0.15, 0.2) is 48.9 Å². The Morgan fingerprint density at radius 3 is 2.84 bits per heavy atom. The van der Waals surface area contributed by atoms with E-state index in [4.69, 9.17) is 11.6 Å². The van der Waals surface area contributed by atoms with Crippen molar-refractivity contribution in [3.63, 3.8) is 0 Å². The lowest BCUT2D eigenvalue weighted by atomic mass is 10.2. The molecule has 2 heterocycles. The number of carbonyl (C=O) groups excluding carboxylic acids is 1. The highest BCUT2D eigenvalue weighted by molar-refractivity contribution is 6.30. The highest BCUT2D eigenvalue weighted by atomic mass is 35.5. The van der Waals surface area contributed by atoms with Gasteiger partial charge in [0.25, 0.3) is 5.91 Å². The molecule has 128 valence electrons. The minimum absolute atomic E-state index is 0.167. The van der Waals surface area contributed by atoms with E-state index < -0.39 is 0 Å². The predicted molar refractivity (Wildman–Crippen MR) is 96.2 cm³/mol. The smallest absolute Gasteiger partial charge is 0.251 e. The molecule has 0 aliphatic rings. The first-order valence-corrected chi connectivity index (χ1v) is 8.12. The second-order valence-corrected chi connectivity index (χ2v) is 5.79. The van der Waals surface area contributed by atoms with Gasteiger partial charge in [0.15, 0.2) is 5.82 Å². The zero-order chi connectivity index (χ0) is 17.6. The molecule has 0 aliphatic carbocycles. The molecular weight excluding hydrogens is 340 g/mol. The van der Waals surface area contributed by atoms with E-state index in [1.54, 1.807) is 35.0 Å². The Kier molecular flexibility index (Phi) is 5.25. The molecule has 0 spiro atoms. The Bertz CT molecular complexity index is 879. The number of aromatic nitrogens is 4. The van der Waals surface area contributed by atoms with Crippen molar-refractivity contribution in [3.05, 3.63) is 65.2 Å². The molecule has 7 nitrogen and oxygen atoms in total. The lowest BCUT2D eigenvalue weighted by Crippen LogP contribution is -2.28. The number of halogens is 1. The van der Waals surface area contributed by atoms with Gasteiger partial charge in [-0.1, -0.05) is 17.7 Å². The average Bonchev–Trinajstić information content (AvgIpc) is 3.05. The van der Waals surface area contributed by atoms with Crippen LogP contribution in [0, 0.1) is 6.92 Å². The van der Waals surface area contributed by atoms with Crippen molar-refractivity contribution in [1.29, 1.82) is 0 Å². The zero-order valence-electron chi connectivity index (χ0n) is 13.6. The molecule has 0 unspecified atom stereocenters. The summed E-state index contributed by atoms with van der Waals surface area (Å²) in [6.07, 6.45) is 3.31. The van der Waals surface area contributed by atoms with Gasteiger partial charge in [-0.3, -0.25) is 4.79 Å². The number of nitrogens with zero attached hydrogens (tertiary/aromatic N) is 4. The van der Waals surface area contributed by atoms with E-state index in [2.05, 4.69) is 25.7 Å². The van der Waals surface area contributed by atoms with Crippen molar-refractivity contribution in [2.24, 2.45) is 0 Å². The van der Waals surface area contributed by atoms with Crippen molar-refractivity contribution in [1.82, 2.24) is 25.1 Å². The second kappa shape index (κ2) is 7.76. The van der Waals surface area contributed by atoms with E-state index >= 15 is 0 Å². The van der Waals surface area contributed by atoms with Gasteiger partial charge in [0, 0.05) is 35.9 Å². The minimum Gasteiger partial charge on any atom is -0.368 e. The number of hydrogen-bond acceptors (Lipinski definition) is 5. The van der Waals surface area contributed by atoms with Gasteiger partial charge >= 0.3 is 0 Å². The predicted octanol–water partition coefficient (Wildman–Crippen LogP) is 2.47. The average molecular weight is 357 g/mol. The fourth-order valence-electron chi connectivity index (χ4n) is 2.21. The van der Waals surface area contributed by atoms with Crippen molar-refractivity contribution >= 4 is 23.3 Å². The third-order valence-electron chi connectivity index (χ3n) is 3.41. The molecule has 2 aromatic heterocycles. The molecule has 0 fully saturated rings. The summed E-state index contributed by atoms with van der Waals surface area (Å²) in [4.78, 5) is 20.4. The van der Waals surface area contributed by atoms with Crippen LogP contribution in [0.5, 0.6) is 0 Å².